The minimum absolute atomic E-state index is 0.630. The average Bonchev–Trinajstić information content (AvgIpc) is 3.33. The van der Waals surface area contributed by atoms with E-state index < -0.39 is 0 Å². The van der Waals surface area contributed by atoms with Crippen molar-refractivity contribution >= 4 is 64.6 Å². The standard InChI is InChI=1S/C57H35N3/c1-2-11-36(12-3-1)41-16-10-17-44(33-41)56-58-55(59-57(60-56)45-28-29-48-43(34-45)27-31-50-46-18-7-4-13-37(46)25-30-51(48)50)40-23-21-39(22-24-40)54-49-20-9-6-15-42(49)35-53-47-19-8-5-14-38(47)26-32-52(53)54/h1-35H. The smallest absolute Gasteiger partial charge is 0.164 e. The van der Waals surface area contributed by atoms with E-state index in [0.717, 1.165) is 38.8 Å². The van der Waals surface area contributed by atoms with E-state index >= 15 is 0 Å². The Hall–Kier alpha value is -8.01. The van der Waals surface area contributed by atoms with Gasteiger partial charge < -0.3 is 0 Å². The van der Waals surface area contributed by atoms with E-state index in [-0.39, 0.29) is 0 Å². The number of fused-ring (bicyclic) bond motifs is 9. The normalized spacial score (nSPS) is 11.7. The van der Waals surface area contributed by atoms with Crippen LogP contribution in [-0.4, -0.2) is 15.0 Å². The van der Waals surface area contributed by atoms with Gasteiger partial charge in [0.1, 0.15) is 0 Å². The molecule has 60 heavy (non-hydrogen) atoms. The summed E-state index contributed by atoms with van der Waals surface area (Å²) in [6, 6.07) is 76.0. The van der Waals surface area contributed by atoms with Crippen molar-refractivity contribution in [2.24, 2.45) is 0 Å². The molecule has 0 radical (unpaired) electrons. The molecule has 0 atom stereocenters. The van der Waals surface area contributed by atoms with Gasteiger partial charge in [-0.05, 0) is 105 Å². The van der Waals surface area contributed by atoms with E-state index in [1.807, 2.05) is 6.07 Å². The second kappa shape index (κ2) is 13.8. The zero-order valence-corrected chi connectivity index (χ0v) is 32.5. The Morgan fingerprint density at radius 3 is 1.37 bits per heavy atom. The Morgan fingerprint density at radius 2 is 0.650 bits per heavy atom. The minimum atomic E-state index is 0.630. The fourth-order valence-electron chi connectivity index (χ4n) is 9.12. The van der Waals surface area contributed by atoms with Crippen molar-refractivity contribution in [3.05, 3.63) is 212 Å². The number of hydrogen-bond acceptors (Lipinski definition) is 3. The van der Waals surface area contributed by atoms with Gasteiger partial charge in [0.2, 0.25) is 0 Å². The van der Waals surface area contributed by atoms with Crippen molar-refractivity contribution < 1.29 is 0 Å². The van der Waals surface area contributed by atoms with Gasteiger partial charge in [-0.1, -0.05) is 194 Å². The fourth-order valence-corrected chi connectivity index (χ4v) is 9.12. The summed E-state index contributed by atoms with van der Waals surface area (Å²) in [6.07, 6.45) is 0. The zero-order chi connectivity index (χ0) is 39.6. The number of hydrogen-bond donors (Lipinski definition) is 0. The first-order valence-corrected chi connectivity index (χ1v) is 20.4. The van der Waals surface area contributed by atoms with E-state index in [2.05, 4.69) is 206 Å². The molecule has 0 amide bonds. The van der Waals surface area contributed by atoms with Gasteiger partial charge in [0.15, 0.2) is 17.5 Å². The van der Waals surface area contributed by atoms with Crippen LogP contribution in [0.3, 0.4) is 0 Å². The Balaban J connectivity index is 1.01. The van der Waals surface area contributed by atoms with Gasteiger partial charge in [-0.25, -0.2) is 15.0 Å². The fraction of sp³-hybridized carbons (Fsp3) is 0. The lowest BCUT2D eigenvalue weighted by atomic mass is 9.89. The van der Waals surface area contributed by atoms with Crippen LogP contribution in [0.4, 0.5) is 0 Å². The zero-order valence-electron chi connectivity index (χ0n) is 32.5. The van der Waals surface area contributed by atoms with Crippen molar-refractivity contribution in [2.45, 2.75) is 0 Å². The molecule has 0 aliphatic heterocycles. The van der Waals surface area contributed by atoms with E-state index in [9.17, 15) is 0 Å². The van der Waals surface area contributed by atoms with E-state index in [1.165, 1.54) is 64.8 Å². The first-order valence-electron chi connectivity index (χ1n) is 20.4. The molecule has 3 heteroatoms. The van der Waals surface area contributed by atoms with Gasteiger partial charge in [-0.3, -0.25) is 0 Å². The Morgan fingerprint density at radius 1 is 0.200 bits per heavy atom. The summed E-state index contributed by atoms with van der Waals surface area (Å²) in [5.74, 6) is 1.90. The van der Waals surface area contributed by atoms with Gasteiger partial charge >= 0.3 is 0 Å². The number of benzene rings is 11. The summed E-state index contributed by atoms with van der Waals surface area (Å²) >= 11 is 0. The van der Waals surface area contributed by atoms with Crippen LogP contribution in [-0.2, 0) is 0 Å². The van der Waals surface area contributed by atoms with Gasteiger partial charge in [-0.2, -0.15) is 0 Å². The van der Waals surface area contributed by atoms with Crippen LogP contribution in [0, 0.1) is 0 Å². The third-order valence-electron chi connectivity index (χ3n) is 12.1. The lowest BCUT2D eigenvalue weighted by Crippen LogP contribution is -2.00. The summed E-state index contributed by atoms with van der Waals surface area (Å²) in [4.78, 5) is 15.6. The summed E-state index contributed by atoms with van der Waals surface area (Å²) in [7, 11) is 0. The molecule has 3 nitrogen and oxygen atoms in total. The van der Waals surface area contributed by atoms with Crippen molar-refractivity contribution in [1.29, 1.82) is 0 Å². The minimum Gasteiger partial charge on any atom is -0.208 e. The van der Waals surface area contributed by atoms with Gasteiger partial charge in [-0.15, -0.1) is 0 Å². The lowest BCUT2D eigenvalue weighted by molar-refractivity contribution is 1.07. The predicted molar refractivity (Wildman–Crippen MR) is 252 cm³/mol. The van der Waals surface area contributed by atoms with Crippen molar-refractivity contribution in [3.63, 3.8) is 0 Å². The second-order valence-corrected chi connectivity index (χ2v) is 15.6. The Bertz CT molecular complexity index is 3650. The highest BCUT2D eigenvalue weighted by Crippen LogP contribution is 2.40. The molecule has 11 aromatic carbocycles. The number of nitrogens with zero attached hydrogens (tertiary/aromatic N) is 3. The molecule has 0 bridgehead atoms. The molecule has 12 rings (SSSR count). The highest BCUT2D eigenvalue weighted by atomic mass is 15.0. The summed E-state index contributed by atoms with van der Waals surface area (Å²) in [6.45, 7) is 0. The molecule has 12 aromatic rings. The molecule has 1 aromatic heterocycles. The molecule has 0 saturated carbocycles. The second-order valence-electron chi connectivity index (χ2n) is 15.6. The molecular formula is C57H35N3. The van der Waals surface area contributed by atoms with Crippen molar-refractivity contribution in [2.75, 3.05) is 0 Å². The first kappa shape index (κ1) is 34.1. The van der Waals surface area contributed by atoms with Crippen LogP contribution in [0.25, 0.3) is 121 Å². The number of rotatable bonds is 5. The average molecular weight is 762 g/mol. The van der Waals surface area contributed by atoms with E-state index in [4.69, 9.17) is 15.0 Å². The maximum absolute atomic E-state index is 5.20. The maximum Gasteiger partial charge on any atom is 0.164 e. The van der Waals surface area contributed by atoms with Gasteiger partial charge in [0.25, 0.3) is 0 Å². The molecule has 0 spiro atoms. The van der Waals surface area contributed by atoms with Crippen LogP contribution in [0.2, 0.25) is 0 Å². The molecule has 0 N–H and O–H groups in total. The lowest BCUT2D eigenvalue weighted by Gasteiger charge is -2.15. The van der Waals surface area contributed by atoms with Crippen molar-refractivity contribution in [3.8, 4) is 56.4 Å². The molecule has 0 unspecified atom stereocenters. The molecule has 0 aliphatic rings. The molecule has 1 heterocycles. The van der Waals surface area contributed by atoms with Crippen molar-refractivity contribution in [1.82, 2.24) is 15.0 Å². The quantitative estimate of drug-likeness (QED) is 0.129. The largest absolute Gasteiger partial charge is 0.208 e. The maximum atomic E-state index is 5.20. The summed E-state index contributed by atoms with van der Waals surface area (Å²) in [5.41, 5.74) is 7.44. The Labute approximate surface area is 346 Å². The Kier molecular flexibility index (Phi) is 7.85. The van der Waals surface area contributed by atoms with Crippen LogP contribution >= 0.6 is 0 Å². The SMILES string of the molecule is c1ccc(-c2cccc(-c3nc(-c4ccc(-c5c6ccccc6cc6c5ccc5ccccc56)cc4)nc(-c4ccc5c(ccc6c7ccccc7ccc56)c4)n3)c2)cc1. The highest BCUT2D eigenvalue weighted by molar-refractivity contribution is 6.20. The van der Waals surface area contributed by atoms with Gasteiger partial charge in [0, 0.05) is 16.7 Å². The number of aromatic nitrogens is 3. The molecule has 0 fully saturated rings. The molecule has 0 saturated heterocycles. The molecular weight excluding hydrogens is 727 g/mol. The highest BCUT2D eigenvalue weighted by Gasteiger charge is 2.17. The third kappa shape index (κ3) is 5.71. The van der Waals surface area contributed by atoms with Gasteiger partial charge in [0.05, 0.1) is 0 Å². The third-order valence-corrected chi connectivity index (χ3v) is 12.1. The predicted octanol–water partition coefficient (Wildman–Crippen LogP) is 15.1. The van der Waals surface area contributed by atoms with Crippen LogP contribution in [0.5, 0.6) is 0 Å². The van der Waals surface area contributed by atoms with Crippen LogP contribution < -0.4 is 0 Å². The van der Waals surface area contributed by atoms with E-state index in [1.54, 1.807) is 0 Å². The first-order chi connectivity index (χ1) is 29.7. The monoisotopic (exact) mass is 761 g/mol. The molecule has 0 aliphatic carbocycles. The molecule has 278 valence electrons. The summed E-state index contributed by atoms with van der Waals surface area (Å²) < 4.78 is 0. The van der Waals surface area contributed by atoms with Crippen LogP contribution in [0.1, 0.15) is 0 Å². The van der Waals surface area contributed by atoms with Crippen LogP contribution in [0.15, 0.2) is 212 Å². The topological polar surface area (TPSA) is 38.7 Å². The summed E-state index contributed by atoms with van der Waals surface area (Å²) in [5, 5.41) is 14.8. The van der Waals surface area contributed by atoms with E-state index in [0.29, 0.717) is 17.5 Å².